The molecule has 16 heavy (non-hydrogen) atoms. The minimum absolute atomic E-state index is 0.0214. The predicted octanol–water partition coefficient (Wildman–Crippen LogP) is 0.805. The van der Waals surface area contributed by atoms with Crippen LogP contribution in [-0.2, 0) is 15.9 Å². The monoisotopic (exact) mass is 223 g/mol. The highest BCUT2D eigenvalue weighted by Gasteiger charge is 2.31. The Hall–Kier alpha value is -0.905. The number of hydrogen-bond donors (Lipinski definition) is 1. The van der Waals surface area contributed by atoms with Crippen LogP contribution in [0.25, 0.3) is 0 Å². The molecule has 0 aliphatic carbocycles. The van der Waals surface area contributed by atoms with E-state index in [1.807, 2.05) is 6.92 Å². The molecule has 86 valence electrons. The molecule has 1 aliphatic rings. The lowest BCUT2D eigenvalue weighted by atomic mass is 9.79. The van der Waals surface area contributed by atoms with Gasteiger partial charge < -0.3 is 15.0 Å². The lowest BCUT2D eigenvalue weighted by Crippen LogP contribution is -2.37. The average molecular weight is 223 g/mol. The maximum absolute atomic E-state index is 12.9. The molecular weight excluding hydrogens is 208 g/mol. The van der Waals surface area contributed by atoms with Crippen molar-refractivity contribution in [1.29, 1.82) is 0 Å². The molecule has 1 aromatic rings. The molecule has 1 atom stereocenters. The van der Waals surface area contributed by atoms with E-state index in [9.17, 15) is 4.39 Å². The first-order chi connectivity index (χ1) is 7.70. The number of hydrogen-bond acceptors (Lipinski definition) is 3. The van der Waals surface area contributed by atoms with E-state index in [4.69, 9.17) is 15.0 Å². The molecule has 2 rings (SSSR count). The van der Waals surface area contributed by atoms with E-state index < -0.39 is 7.12 Å². The van der Waals surface area contributed by atoms with Crippen LogP contribution in [0.4, 0.5) is 4.39 Å². The Morgan fingerprint density at radius 3 is 3.19 bits per heavy atom. The van der Waals surface area contributed by atoms with Crippen molar-refractivity contribution < 1.29 is 13.7 Å². The summed E-state index contributed by atoms with van der Waals surface area (Å²) >= 11 is 0. The lowest BCUT2D eigenvalue weighted by Gasteiger charge is -2.12. The van der Waals surface area contributed by atoms with Gasteiger partial charge in [0.05, 0.1) is 6.61 Å². The van der Waals surface area contributed by atoms with E-state index in [1.54, 1.807) is 6.07 Å². The van der Waals surface area contributed by atoms with Crippen molar-refractivity contribution in [2.24, 2.45) is 5.73 Å². The summed E-state index contributed by atoms with van der Waals surface area (Å²) in [6, 6.07) is 4.63. The highest BCUT2D eigenvalue weighted by molar-refractivity contribution is 6.62. The normalized spacial score (nSPS) is 16.3. The van der Waals surface area contributed by atoms with Crippen molar-refractivity contribution in [2.45, 2.75) is 26.0 Å². The molecule has 1 aliphatic heterocycles. The van der Waals surface area contributed by atoms with Gasteiger partial charge in [0.1, 0.15) is 5.82 Å². The molecule has 0 radical (unpaired) electrons. The summed E-state index contributed by atoms with van der Waals surface area (Å²) in [5.74, 6) is -0.242. The number of nitrogens with two attached hydrogens (primary N) is 1. The Labute approximate surface area is 94.9 Å². The molecule has 1 unspecified atom stereocenters. The van der Waals surface area contributed by atoms with Crippen LogP contribution in [0, 0.1) is 5.82 Å². The lowest BCUT2D eigenvalue weighted by molar-refractivity contribution is 0.199. The van der Waals surface area contributed by atoms with Crippen LogP contribution in [0.2, 0.25) is 0 Å². The molecule has 0 spiro atoms. The molecule has 0 bridgehead atoms. The van der Waals surface area contributed by atoms with Crippen molar-refractivity contribution in [3.63, 3.8) is 0 Å². The van der Waals surface area contributed by atoms with E-state index in [0.29, 0.717) is 13.2 Å². The Bertz CT molecular complexity index is 375. The Morgan fingerprint density at radius 2 is 2.44 bits per heavy atom. The fourth-order valence-electron chi connectivity index (χ4n) is 1.65. The number of rotatable bonds is 4. The number of benzene rings is 1. The summed E-state index contributed by atoms with van der Waals surface area (Å²) in [6.07, 6.45) is 0.864. The van der Waals surface area contributed by atoms with Crippen LogP contribution in [-0.4, -0.2) is 19.8 Å². The van der Waals surface area contributed by atoms with E-state index in [2.05, 4.69) is 0 Å². The Morgan fingerprint density at radius 1 is 1.62 bits per heavy atom. The van der Waals surface area contributed by atoms with E-state index >= 15 is 0 Å². The summed E-state index contributed by atoms with van der Waals surface area (Å²) in [7, 11) is -0.395. The van der Waals surface area contributed by atoms with Crippen LogP contribution >= 0.6 is 0 Å². The van der Waals surface area contributed by atoms with Gasteiger partial charge in [-0.2, -0.15) is 0 Å². The van der Waals surface area contributed by atoms with E-state index in [-0.39, 0.29) is 11.9 Å². The first-order valence-corrected chi connectivity index (χ1v) is 5.47. The third-order valence-corrected chi connectivity index (χ3v) is 2.74. The second-order valence-corrected chi connectivity index (χ2v) is 3.99. The molecule has 0 saturated carbocycles. The summed E-state index contributed by atoms with van der Waals surface area (Å²) in [5.41, 5.74) is 7.52. The molecule has 0 fully saturated rings. The maximum Gasteiger partial charge on any atom is 0.494 e. The van der Waals surface area contributed by atoms with E-state index in [0.717, 1.165) is 17.4 Å². The van der Waals surface area contributed by atoms with Crippen molar-refractivity contribution >= 4 is 12.6 Å². The highest BCUT2D eigenvalue weighted by Crippen LogP contribution is 2.13. The summed E-state index contributed by atoms with van der Waals surface area (Å²) < 4.78 is 23.9. The van der Waals surface area contributed by atoms with Gasteiger partial charge in [-0.05, 0) is 29.6 Å². The van der Waals surface area contributed by atoms with Gasteiger partial charge in [0.25, 0.3) is 0 Å². The van der Waals surface area contributed by atoms with Crippen molar-refractivity contribution in [3.8, 4) is 0 Å². The van der Waals surface area contributed by atoms with Gasteiger partial charge >= 0.3 is 7.12 Å². The van der Waals surface area contributed by atoms with Gasteiger partial charge in [0.2, 0.25) is 0 Å². The largest absolute Gasteiger partial charge is 0.494 e. The average Bonchev–Trinajstić information content (AvgIpc) is 2.68. The highest BCUT2D eigenvalue weighted by atomic mass is 19.1. The van der Waals surface area contributed by atoms with Gasteiger partial charge in [-0.1, -0.05) is 13.0 Å². The molecule has 0 amide bonds. The zero-order valence-electron chi connectivity index (χ0n) is 9.28. The number of fused-ring (bicyclic) bond motifs is 1. The van der Waals surface area contributed by atoms with Gasteiger partial charge in [0.15, 0.2) is 0 Å². The van der Waals surface area contributed by atoms with Crippen molar-refractivity contribution in [3.05, 3.63) is 29.6 Å². The summed E-state index contributed by atoms with van der Waals surface area (Å²) in [6.45, 7) is 2.87. The van der Waals surface area contributed by atoms with E-state index in [1.165, 1.54) is 12.1 Å². The Kier molecular flexibility index (Phi) is 3.58. The van der Waals surface area contributed by atoms with Gasteiger partial charge in [-0.15, -0.1) is 0 Å². The standard InChI is InChI=1S/C11H15BFNO2/c1-2-10(14)7-16-12-11-4-3-9(13)5-8(11)6-15-12/h3-5,10H,2,6-7,14H2,1H3. The molecule has 3 nitrogen and oxygen atoms in total. The van der Waals surface area contributed by atoms with Crippen molar-refractivity contribution in [2.75, 3.05) is 6.61 Å². The minimum atomic E-state index is -0.395. The molecule has 1 aromatic carbocycles. The van der Waals surface area contributed by atoms with Gasteiger partial charge in [-0.3, -0.25) is 0 Å². The van der Waals surface area contributed by atoms with Crippen LogP contribution in [0.5, 0.6) is 0 Å². The quantitative estimate of drug-likeness (QED) is 0.768. The fraction of sp³-hybridized carbons (Fsp3) is 0.455. The fourth-order valence-corrected chi connectivity index (χ4v) is 1.65. The van der Waals surface area contributed by atoms with Gasteiger partial charge in [0, 0.05) is 12.6 Å². The maximum atomic E-state index is 12.9. The summed E-state index contributed by atoms with van der Waals surface area (Å²) in [5, 5.41) is 0. The van der Waals surface area contributed by atoms with Crippen LogP contribution in [0.3, 0.4) is 0 Å². The molecule has 1 heterocycles. The predicted molar refractivity (Wildman–Crippen MR) is 60.8 cm³/mol. The van der Waals surface area contributed by atoms with Crippen LogP contribution in [0.1, 0.15) is 18.9 Å². The van der Waals surface area contributed by atoms with Crippen LogP contribution in [0.15, 0.2) is 18.2 Å². The molecule has 5 heteroatoms. The molecular formula is C11H15BFNO2. The zero-order chi connectivity index (χ0) is 11.5. The third kappa shape index (κ3) is 2.43. The molecule has 0 saturated heterocycles. The van der Waals surface area contributed by atoms with Crippen LogP contribution < -0.4 is 11.2 Å². The third-order valence-electron chi connectivity index (χ3n) is 2.74. The second kappa shape index (κ2) is 4.95. The SMILES string of the molecule is CCC(N)COB1OCc2cc(F)ccc21. The second-order valence-electron chi connectivity index (χ2n) is 3.99. The van der Waals surface area contributed by atoms with Crippen molar-refractivity contribution in [1.82, 2.24) is 0 Å². The van der Waals surface area contributed by atoms with Gasteiger partial charge in [-0.25, -0.2) is 4.39 Å². The topological polar surface area (TPSA) is 44.5 Å². The Balaban J connectivity index is 2.01. The minimum Gasteiger partial charge on any atom is -0.406 e. The molecule has 0 aromatic heterocycles. The molecule has 2 N–H and O–H groups in total. The number of halogens is 1. The summed E-state index contributed by atoms with van der Waals surface area (Å²) in [4.78, 5) is 0. The first-order valence-electron chi connectivity index (χ1n) is 5.47. The first kappa shape index (κ1) is 11.6. The zero-order valence-corrected chi connectivity index (χ0v) is 9.28. The smallest absolute Gasteiger partial charge is 0.406 e.